The Labute approximate surface area is 132 Å². The fourth-order valence-electron chi connectivity index (χ4n) is 1.88. The van der Waals surface area contributed by atoms with E-state index in [4.69, 9.17) is 14.2 Å². The Morgan fingerprint density at radius 3 is 2.48 bits per heavy atom. The predicted octanol–water partition coefficient (Wildman–Crippen LogP) is 3.54. The minimum absolute atomic E-state index is 0.0385. The maximum absolute atomic E-state index is 9.20. The summed E-state index contributed by atoms with van der Waals surface area (Å²) in [5.41, 5.74) is 1.74. The molecule has 0 spiro atoms. The molecule has 0 radical (unpaired) electrons. The van der Waals surface area contributed by atoms with Gasteiger partial charge >= 0.3 is 0 Å². The highest BCUT2D eigenvalue weighted by atomic mass is 79.9. The molecule has 0 heterocycles. The quantitative estimate of drug-likeness (QED) is 0.863. The lowest BCUT2D eigenvalue weighted by atomic mass is 10.2. The first-order valence-corrected chi connectivity index (χ1v) is 7.20. The summed E-state index contributed by atoms with van der Waals surface area (Å²) in [7, 11) is 3.21. The summed E-state index contributed by atoms with van der Waals surface area (Å²) in [6.07, 6.45) is 0. The molecule has 5 heteroatoms. The van der Waals surface area contributed by atoms with Crippen molar-refractivity contribution in [1.29, 1.82) is 0 Å². The number of methoxy groups -OCH3 is 2. The van der Waals surface area contributed by atoms with E-state index in [1.54, 1.807) is 32.4 Å². The molecule has 0 atom stereocenters. The number of benzene rings is 2. The van der Waals surface area contributed by atoms with Crippen molar-refractivity contribution in [2.45, 2.75) is 13.2 Å². The van der Waals surface area contributed by atoms with Crippen LogP contribution < -0.4 is 14.2 Å². The third-order valence-corrected chi connectivity index (χ3v) is 3.82. The lowest BCUT2D eigenvalue weighted by molar-refractivity contribution is 0.271. The lowest BCUT2D eigenvalue weighted by Gasteiger charge is -2.13. The van der Waals surface area contributed by atoms with Crippen LogP contribution in [0.25, 0.3) is 0 Å². The molecular weight excluding hydrogens is 336 g/mol. The summed E-state index contributed by atoms with van der Waals surface area (Å²) in [4.78, 5) is 0. The molecule has 112 valence electrons. The zero-order valence-electron chi connectivity index (χ0n) is 11.9. The topological polar surface area (TPSA) is 47.9 Å². The molecule has 2 aromatic carbocycles. The smallest absolute Gasteiger partial charge is 0.162 e. The molecule has 1 N–H and O–H groups in total. The Morgan fingerprint density at radius 2 is 1.81 bits per heavy atom. The number of hydrogen-bond acceptors (Lipinski definition) is 4. The second-order valence-corrected chi connectivity index (χ2v) is 5.24. The van der Waals surface area contributed by atoms with E-state index in [1.165, 1.54) is 0 Å². The molecule has 0 fully saturated rings. The summed E-state index contributed by atoms with van der Waals surface area (Å²) in [6.45, 7) is 0.326. The molecule has 0 amide bonds. The van der Waals surface area contributed by atoms with Crippen molar-refractivity contribution in [2.24, 2.45) is 0 Å². The first-order valence-electron chi connectivity index (χ1n) is 6.41. The van der Waals surface area contributed by atoms with Gasteiger partial charge in [0.15, 0.2) is 11.5 Å². The van der Waals surface area contributed by atoms with Gasteiger partial charge in [0.2, 0.25) is 0 Å². The molecule has 0 aliphatic heterocycles. The Morgan fingerprint density at radius 1 is 1.00 bits per heavy atom. The average molecular weight is 353 g/mol. The normalized spacial score (nSPS) is 10.3. The van der Waals surface area contributed by atoms with Crippen LogP contribution >= 0.6 is 15.9 Å². The van der Waals surface area contributed by atoms with E-state index in [-0.39, 0.29) is 6.61 Å². The molecule has 21 heavy (non-hydrogen) atoms. The van der Waals surface area contributed by atoms with Gasteiger partial charge in [-0.25, -0.2) is 0 Å². The molecule has 2 aromatic rings. The minimum atomic E-state index is -0.0385. The number of rotatable bonds is 6. The lowest BCUT2D eigenvalue weighted by Crippen LogP contribution is -2.00. The molecule has 4 nitrogen and oxygen atoms in total. The van der Waals surface area contributed by atoms with E-state index in [0.29, 0.717) is 18.1 Å². The van der Waals surface area contributed by atoms with Crippen molar-refractivity contribution in [3.63, 3.8) is 0 Å². The molecule has 0 bridgehead atoms. The fourth-order valence-corrected chi connectivity index (χ4v) is 2.24. The van der Waals surface area contributed by atoms with E-state index in [1.807, 2.05) is 18.2 Å². The van der Waals surface area contributed by atoms with Crippen LogP contribution in [0.15, 0.2) is 40.9 Å². The maximum Gasteiger partial charge on any atom is 0.162 e. The second-order valence-electron chi connectivity index (χ2n) is 4.39. The van der Waals surface area contributed by atoms with Gasteiger partial charge in [0.05, 0.1) is 20.8 Å². The van der Waals surface area contributed by atoms with Crippen LogP contribution in [0.2, 0.25) is 0 Å². The first-order chi connectivity index (χ1) is 10.2. The largest absolute Gasteiger partial charge is 0.497 e. The van der Waals surface area contributed by atoms with Crippen LogP contribution in [0.4, 0.5) is 0 Å². The van der Waals surface area contributed by atoms with Crippen molar-refractivity contribution in [1.82, 2.24) is 0 Å². The van der Waals surface area contributed by atoms with Gasteiger partial charge < -0.3 is 19.3 Å². The van der Waals surface area contributed by atoms with Crippen molar-refractivity contribution in [2.75, 3.05) is 14.2 Å². The Hall–Kier alpha value is -1.72. The monoisotopic (exact) mass is 352 g/mol. The number of hydrogen-bond donors (Lipinski definition) is 1. The molecule has 0 saturated heterocycles. The standard InChI is InChI=1S/C16H17BrO4/c1-19-13-4-5-14(17)12(8-13)10-21-16-7-11(9-18)3-6-15(16)20-2/h3-8,18H,9-10H2,1-2H3. The minimum Gasteiger partial charge on any atom is -0.497 e. The third-order valence-electron chi connectivity index (χ3n) is 3.05. The van der Waals surface area contributed by atoms with Crippen LogP contribution in [-0.2, 0) is 13.2 Å². The molecular formula is C16H17BrO4. The van der Waals surface area contributed by atoms with Crippen molar-refractivity contribution < 1.29 is 19.3 Å². The molecule has 0 aliphatic rings. The van der Waals surface area contributed by atoms with E-state index in [2.05, 4.69) is 15.9 Å². The van der Waals surface area contributed by atoms with Gasteiger partial charge in [-0.1, -0.05) is 22.0 Å². The third kappa shape index (κ3) is 3.89. The van der Waals surface area contributed by atoms with Gasteiger partial charge in [-0.3, -0.25) is 0 Å². The molecule has 0 aliphatic carbocycles. The summed E-state index contributed by atoms with van der Waals surface area (Å²) in [5.74, 6) is 2.00. The van der Waals surface area contributed by atoms with Crippen molar-refractivity contribution >= 4 is 15.9 Å². The summed E-state index contributed by atoms with van der Waals surface area (Å²) >= 11 is 3.49. The Kier molecular flexibility index (Phi) is 5.47. The van der Waals surface area contributed by atoms with Crippen molar-refractivity contribution in [3.8, 4) is 17.2 Å². The van der Waals surface area contributed by atoms with Crippen molar-refractivity contribution in [3.05, 3.63) is 52.0 Å². The highest BCUT2D eigenvalue weighted by Gasteiger charge is 2.08. The maximum atomic E-state index is 9.20. The van der Waals surface area contributed by atoms with Crippen LogP contribution in [0.3, 0.4) is 0 Å². The van der Waals surface area contributed by atoms with E-state index < -0.39 is 0 Å². The highest BCUT2D eigenvalue weighted by molar-refractivity contribution is 9.10. The summed E-state index contributed by atoms with van der Waals surface area (Å²) < 4.78 is 17.2. The predicted molar refractivity (Wildman–Crippen MR) is 83.9 cm³/mol. The fraction of sp³-hybridized carbons (Fsp3) is 0.250. The van der Waals surface area contributed by atoms with Crippen LogP contribution in [0.1, 0.15) is 11.1 Å². The SMILES string of the molecule is COc1ccc(Br)c(COc2cc(CO)ccc2OC)c1. The average Bonchev–Trinajstić information content (AvgIpc) is 2.53. The highest BCUT2D eigenvalue weighted by Crippen LogP contribution is 2.30. The molecule has 0 unspecified atom stereocenters. The molecule has 2 rings (SSSR count). The van der Waals surface area contributed by atoms with E-state index >= 15 is 0 Å². The zero-order chi connectivity index (χ0) is 15.2. The number of aliphatic hydroxyl groups is 1. The first kappa shape index (κ1) is 15.7. The van der Waals surface area contributed by atoms with Gasteiger partial charge in [0.25, 0.3) is 0 Å². The number of halogens is 1. The van der Waals surface area contributed by atoms with Gasteiger partial charge in [-0.05, 0) is 35.9 Å². The Bertz CT molecular complexity index is 613. The van der Waals surface area contributed by atoms with Crippen LogP contribution in [0, 0.1) is 0 Å². The zero-order valence-corrected chi connectivity index (χ0v) is 13.5. The van der Waals surface area contributed by atoms with E-state index in [9.17, 15) is 5.11 Å². The second kappa shape index (κ2) is 7.33. The van der Waals surface area contributed by atoms with Gasteiger partial charge in [0, 0.05) is 10.0 Å². The number of aliphatic hydroxyl groups excluding tert-OH is 1. The summed E-state index contributed by atoms with van der Waals surface area (Å²) in [5, 5.41) is 9.20. The van der Waals surface area contributed by atoms with E-state index in [0.717, 1.165) is 21.3 Å². The van der Waals surface area contributed by atoms with Gasteiger partial charge in [-0.2, -0.15) is 0 Å². The van der Waals surface area contributed by atoms with Gasteiger partial charge in [0.1, 0.15) is 12.4 Å². The molecule has 0 saturated carbocycles. The Balaban J connectivity index is 2.19. The summed E-state index contributed by atoms with van der Waals surface area (Å²) in [6, 6.07) is 11.0. The number of ether oxygens (including phenoxy) is 3. The van der Waals surface area contributed by atoms with Crippen LogP contribution in [-0.4, -0.2) is 19.3 Å². The van der Waals surface area contributed by atoms with Crippen LogP contribution in [0.5, 0.6) is 17.2 Å². The molecule has 0 aromatic heterocycles. The van der Waals surface area contributed by atoms with Gasteiger partial charge in [-0.15, -0.1) is 0 Å².